The van der Waals surface area contributed by atoms with E-state index in [1.807, 2.05) is 6.07 Å². The average Bonchev–Trinajstić information content (AvgIpc) is 2.72. The minimum atomic E-state index is 0.343. The molecule has 2 rings (SSSR count). The van der Waals surface area contributed by atoms with Crippen molar-refractivity contribution in [3.63, 3.8) is 0 Å². The Bertz CT molecular complexity index is 307. The third-order valence-corrected chi connectivity index (χ3v) is 2.63. The molecule has 1 fully saturated rings. The van der Waals surface area contributed by atoms with Crippen LogP contribution >= 0.6 is 0 Å². The lowest BCUT2D eigenvalue weighted by atomic mass is 10.1. The lowest BCUT2D eigenvalue weighted by Crippen LogP contribution is -2.00. The zero-order valence-electron chi connectivity index (χ0n) is 8.57. The first-order valence-electron chi connectivity index (χ1n) is 5.22. The fourth-order valence-electron chi connectivity index (χ4n) is 1.81. The maximum Gasteiger partial charge on any atom is 0.0762 e. The van der Waals surface area contributed by atoms with Crippen LogP contribution in [0.25, 0.3) is 5.57 Å². The fourth-order valence-corrected chi connectivity index (χ4v) is 1.81. The van der Waals surface area contributed by atoms with Crippen LogP contribution in [0.5, 0.6) is 0 Å². The maximum atomic E-state index is 5.57. The first-order valence-corrected chi connectivity index (χ1v) is 5.22. The average molecular weight is 188 g/mol. The quantitative estimate of drug-likeness (QED) is 0.692. The van der Waals surface area contributed by atoms with Crippen molar-refractivity contribution in [2.45, 2.75) is 25.9 Å². The number of hydrogen-bond acceptors (Lipinski definition) is 1. The Labute approximate surface area is 85.4 Å². The summed E-state index contributed by atoms with van der Waals surface area (Å²) >= 11 is 0. The van der Waals surface area contributed by atoms with Crippen LogP contribution in [0.15, 0.2) is 36.4 Å². The van der Waals surface area contributed by atoms with Gasteiger partial charge in [0.1, 0.15) is 0 Å². The lowest BCUT2D eigenvalue weighted by molar-refractivity contribution is 0.146. The van der Waals surface area contributed by atoms with Crippen molar-refractivity contribution in [1.82, 2.24) is 0 Å². The Kier molecular flexibility index (Phi) is 3.00. The van der Waals surface area contributed by atoms with Gasteiger partial charge in [-0.2, -0.15) is 0 Å². The van der Waals surface area contributed by atoms with Gasteiger partial charge in [-0.15, -0.1) is 0 Å². The van der Waals surface area contributed by atoms with Crippen molar-refractivity contribution < 1.29 is 4.74 Å². The molecule has 1 aliphatic rings. The first kappa shape index (κ1) is 9.47. The van der Waals surface area contributed by atoms with Gasteiger partial charge in [0.05, 0.1) is 6.10 Å². The molecule has 1 saturated heterocycles. The van der Waals surface area contributed by atoms with Crippen LogP contribution in [-0.4, -0.2) is 12.7 Å². The third-order valence-electron chi connectivity index (χ3n) is 2.63. The molecule has 1 aromatic carbocycles. The van der Waals surface area contributed by atoms with Crippen molar-refractivity contribution in [2.24, 2.45) is 0 Å². The number of ether oxygens (including phenoxy) is 1. The number of hydrogen-bond donors (Lipinski definition) is 0. The number of benzene rings is 1. The van der Waals surface area contributed by atoms with Crippen molar-refractivity contribution in [3.05, 3.63) is 42.0 Å². The zero-order chi connectivity index (χ0) is 9.80. The van der Waals surface area contributed by atoms with Crippen LogP contribution in [0.1, 0.15) is 25.3 Å². The molecule has 74 valence electrons. The van der Waals surface area contributed by atoms with E-state index in [1.54, 1.807) is 0 Å². The highest BCUT2D eigenvalue weighted by atomic mass is 16.5. The molecule has 1 aromatic rings. The minimum absolute atomic E-state index is 0.343. The van der Waals surface area contributed by atoms with Crippen LogP contribution in [0.3, 0.4) is 0 Å². The van der Waals surface area contributed by atoms with Crippen LogP contribution in [0.2, 0.25) is 0 Å². The van der Waals surface area contributed by atoms with Crippen LogP contribution in [-0.2, 0) is 4.74 Å². The standard InChI is InChI=1S/C13H16O/c1-11(10-13-8-5-9-14-13)12-6-3-2-4-7-12/h2-4,6-7,10,13H,5,8-9H2,1H3/b11-10+. The fraction of sp³-hybridized carbons (Fsp3) is 0.385. The van der Waals surface area contributed by atoms with E-state index in [1.165, 1.54) is 24.0 Å². The topological polar surface area (TPSA) is 9.23 Å². The predicted molar refractivity (Wildman–Crippen MR) is 59.1 cm³/mol. The van der Waals surface area contributed by atoms with Crippen molar-refractivity contribution in [3.8, 4) is 0 Å². The first-order chi connectivity index (χ1) is 6.86. The van der Waals surface area contributed by atoms with E-state index >= 15 is 0 Å². The van der Waals surface area contributed by atoms with Gasteiger partial charge in [-0.25, -0.2) is 0 Å². The Hall–Kier alpha value is -1.08. The van der Waals surface area contributed by atoms with Gasteiger partial charge in [0, 0.05) is 6.61 Å². The van der Waals surface area contributed by atoms with Gasteiger partial charge in [-0.05, 0) is 30.9 Å². The molecular formula is C13H16O. The largest absolute Gasteiger partial charge is 0.374 e. The Morgan fingerprint density at radius 2 is 2.14 bits per heavy atom. The Morgan fingerprint density at radius 3 is 2.79 bits per heavy atom. The molecule has 0 amide bonds. The minimum Gasteiger partial charge on any atom is -0.374 e. The highest BCUT2D eigenvalue weighted by molar-refractivity contribution is 5.63. The summed E-state index contributed by atoms with van der Waals surface area (Å²) in [4.78, 5) is 0. The van der Waals surface area contributed by atoms with Gasteiger partial charge >= 0.3 is 0 Å². The van der Waals surface area contributed by atoms with Gasteiger partial charge < -0.3 is 4.74 Å². The van der Waals surface area contributed by atoms with Crippen molar-refractivity contribution in [2.75, 3.05) is 6.61 Å². The van der Waals surface area contributed by atoms with Crippen LogP contribution in [0.4, 0.5) is 0 Å². The molecule has 1 unspecified atom stereocenters. The molecule has 0 aromatic heterocycles. The smallest absolute Gasteiger partial charge is 0.0762 e. The second-order valence-electron chi connectivity index (χ2n) is 3.77. The van der Waals surface area contributed by atoms with E-state index in [-0.39, 0.29) is 0 Å². The van der Waals surface area contributed by atoms with Crippen LogP contribution < -0.4 is 0 Å². The number of allylic oxidation sites excluding steroid dienone is 1. The summed E-state index contributed by atoms with van der Waals surface area (Å²) in [6, 6.07) is 10.5. The summed E-state index contributed by atoms with van der Waals surface area (Å²) in [5, 5.41) is 0. The maximum absolute atomic E-state index is 5.57. The van der Waals surface area contributed by atoms with Gasteiger partial charge in [0.15, 0.2) is 0 Å². The summed E-state index contributed by atoms with van der Waals surface area (Å²) in [6.07, 6.45) is 4.95. The second kappa shape index (κ2) is 4.43. The molecule has 1 aliphatic heterocycles. The van der Waals surface area contributed by atoms with Crippen LogP contribution in [0, 0.1) is 0 Å². The summed E-state index contributed by atoms with van der Waals surface area (Å²) in [6.45, 7) is 3.07. The molecule has 0 saturated carbocycles. The van der Waals surface area contributed by atoms with Gasteiger partial charge in [0.25, 0.3) is 0 Å². The van der Waals surface area contributed by atoms with Crippen molar-refractivity contribution >= 4 is 5.57 Å². The highest BCUT2D eigenvalue weighted by Gasteiger charge is 2.12. The number of rotatable bonds is 2. The van der Waals surface area contributed by atoms with E-state index in [0.29, 0.717) is 6.10 Å². The molecule has 1 heteroatoms. The highest BCUT2D eigenvalue weighted by Crippen LogP contribution is 2.19. The molecule has 0 radical (unpaired) electrons. The second-order valence-corrected chi connectivity index (χ2v) is 3.77. The lowest BCUT2D eigenvalue weighted by Gasteiger charge is -2.06. The molecular weight excluding hydrogens is 172 g/mol. The summed E-state index contributed by atoms with van der Waals surface area (Å²) in [5.74, 6) is 0. The molecule has 0 N–H and O–H groups in total. The Morgan fingerprint density at radius 1 is 1.36 bits per heavy atom. The molecule has 1 heterocycles. The molecule has 0 aliphatic carbocycles. The summed E-state index contributed by atoms with van der Waals surface area (Å²) < 4.78 is 5.57. The monoisotopic (exact) mass is 188 g/mol. The van der Waals surface area contributed by atoms with E-state index in [4.69, 9.17) is 4.74 Å². The van der Waals surface area contributed by atoms with Gasteiger partial charge in [-0.1, -0.05) is 36.4 Å². The Balaban J connectivity index is 2.10. The molecule has 1 atom stereocenters. The van der Waals surface area contributed by atoms with Gasteiger partial charge in [0.2, 0.25) is 0 Å². The van der Waals surface area contributed by atoms with E-state index in [9.17, 15) is 0 Å². The third kappa shape index (κ3) is 2.24. The van der Waals surface area contributed by atoms with E-state index < -0.39 is 0 Å². The van der Waals surface area contributed by atoms with Crippen molar-refractivity contribution in [1.29, 1.82) is 0 Å². The summed E-state index contributed by atoms with van der Waals surface area (Å²) in [5.41, 5.74) is 2.61. The van der Waals surface area contributed by atoms with Gasteiger partial charge in [-0.3, -0.25) is 0 Å². The molecule has 0 bridgehead atoms. The van der Waals surface area contributed by atoms with E-state index in [2.05, 4.69) is 37.3 Å². The normalized spacial score (nSPS) is 22.6. The summed E-state index contributed by atoms with van der Waals surface area (Å²) in [7, 11) is 0. The predicted octanol–water partition coefficient (Wildman–Crippen LogP) is 3.27. The molecule has 14 heavy (non-hydrogen) atoms. The zero-order valence-corrected chi connectivity index (χ0v) is 8.57. The molecule has 1 nitrogen and oxygen atoms in total. The van der Waals surface area contributed by atoms with E-state index in [0.717, 1.165) is 6.61 Å². The SMILES string of the molecule is C/C(=C\C1CCCO1)c1ccccc1. The molecule has 0 spiro atoms.